The van der Waals surface area contributed by atoms with Gasteiger partial charge in [-0.25, -0.2) is 18.4 Å². The minimum absolute atomic E-state index is 0.0417. The van der Waals surface area contributed by atoms with E-state index in [1.807, 2.05) is 0 Å². The van der Waals surface area contributed by atoms with Crippen LogP contribution in [0, 0.1) is 29.9 Å². The summed E-state index contributed by atoms with van der Waals surface area (Å²) in [6, 6.07) is 5.48. The number of aromatic nitrogens is 2. The van der Waals surface area contributed by atoms with Crippen LogP contribution in [0.1, 0.15) is 69.6 Å². The molecular weight excluding hydrogens is 642 g/mol. The number of piperazine rings is 1. The van der Waals surface area contributed by atoms with E-state index in [9.17, 15) is 19.6 Å². The van der Waals surface area contributed by atoms with Gasteiger partial charge in [0.2, 0.25) is 0 Å². The molecule has 252 valence electrons. The Morgan fingerprint density at radius 1 is 1.02 bits per heavy atom. The standard InChI is InChI=1S/C34H36F2N6O5S/c1-17-24-26(19-8-9-22(35)28-25(19)21(15-37)29(48-28)38-31(44)46-33(2,3)4)23(36)14-20-27(24)42(39-17)11-10-18-16-40(12-13-41(18)30(20)43)32(45)47-34(5,6)7/h8-9,14,18H,10-13,16H2,1-7H3,(H,38,44)/t18-/m0/s1. The van der Waals surface area contributed by atoms with E-state index in [2.05, 4.69) is 11.4 Å². The molecular formula is C34H36F2N6O5S. The molecule has 1 fully saturated rings. The Balaban J connectivity index is 1.45. The minimum Gasteiger partial charge on any atom is -0.444 e. The van der Waals surface area contributed by atoms with Gasteiger partial charge >= 0.3 is 12.2 Å². The number of nitrogens with one attached hydrogen (secondary N) is 1. The van der Waals surface area contributed by atoms with Gasteiger partial charge in [0, 0.05) is 42.5 Å². The maximum Gasteiger partial charge on any atom is 0.412 e. The van der Waals surface area contributed by atoms with Crippen molar-refractivity contribution in [2.24, 2.45) is 0 Å². The van der Waals surface area contributed by atoms with Crippen LogP contribution < -0.4 is 5.32 Å². The normalized spacial score (nSPS) is 16.8. The van der Waals surface area contributed by atoms with Crippen LogP contribution in [0.25, 0.3) is 32.1 Å². The molecule has 11 nitrogen and oxygen atoms in total. The molecule has 2 aromatic heterocycles. The van der Waals surface area contributed by atoms with Crippen molar-refractivity contribution in [3.05, 3.63) is 46.7 Å². The molecule has 0 bridgehead atoms. The topological polar surface area (TPSA) is 130 Å². The van der Waals surface area contributed by atoms with Crippen LogP contribution in [0.4, 0.5) is 23.4 Å². The van der Waals surface area contributed by atoms with Crippen molar-refractivity contribution < 1.29 is 32.6 Å². The minimum atomic E-state index is -0.819. The van der Waals surface area contributed by atoms with Crippen molar-refractivity contribution in [2.75, 3.05) is 25.0 Å². The van der Waals surface area contributed by atoms with E-state index in [1.54, 1.807) is 62.9 Å². The highest BCUT2D eigenvalue weighted by atomic mass is 32.1. The fourth-order valence-corrected chi connectivity index (χ4v) is 7.46. The molecule has 6 rings (SSSR count). The average molecular weight is 679 g/mol. The van der Waals surface area contributed by atoms with Crippen LogP contribution in [0.3, 0.4) is 0 Å². The van der Waals surface area contributed by atoms with Gasteiger partial charge in [-0.1, -0.05) is 6.07 Å². The van der Waals surface area contributed by atoms with Gasteiger partial charge in [-0.15, -0.1) is 11.3 Å². The molecule has 0 radical (unpaired) electrons. The van der Waals surface area contributed by atoms with Gasteiger partial charge in [0.05, 0.1) is 33.1 Å². The van der Waals surface area contributed by atoms with E-state index >= 15 is 8.78 Å². The first-order valence-electron chi connectivity index (χ1n) is 15.6. The summed E-state index contributed by atoms with van der Waals surface area (Å²) in [6.07, 6.45) is -0.789. The number of benzene rings is 2. The van der Waals surface area contributed by atoms with Crippen LogP contribution in [0.5, 0.6) is 0 Å². The number of halogens is 2. The summed E-state index contributed by atoms with van der Waals surface area (Å²) in [5, 5.41) is 18.0. The third kappa shape index (κ3) is 5.91. The van der Waals surface area contributed by atoms with E-state index < -0.39 is 35.0 Å². The number of hydrogen-bond acceptors (Lipinski definition) is 8. The summed E-state index contributed by atoms with van der Waals surface area (Å²) in [5.41, 5.74) is -0.229. The van der Waals surface area contributed by atoms with E-state index in [1.165, 1.54) is 18.2 Å². The quantitative estimate of drug-likeness (QED) is 0.238. The first kappa shape index (κ1) is 33.1. The molecule has 48 heavy (non-hydrogen) atoms. The maximum atomic E-state index is 16.5. The van der Waals surface area contributed by atoms with Crippen LogP contribution in [-0.2, 0) is 16.0 Å². The van der Waals surface area contributed by atoms with Crippen molar-refractivity contribution in [3.63, 3.8) is 0 Å². The molecule has 0 unspecified atom stereocenters. The highest BCUT2D eigenvalue weighted by Crippen LogP contribution is 2.46. The molecule has 2 aromatic carbocycles. The van der Waals surface area contributed by atoms with E-state index in [4.69, 9.17) is 14.6 Å². The van der Waals surface area contributed by atoms with Crippen molar-refractivity contribution in [1.29, 1.82) is 5.26 Å². The Hall–Kier alpha value is -4.77. The number of carbonyl (C=O) groups is 3. The van der Waals surface area contributed by atoms with Gasteiger partial charge in [0.15, 0.2) is 0 Å². The summed E-state index contributed by atoms with van der Waals surface area (Å²) in [4.78, 5) is 42.8. The van der Waals surface area contributed by atoms with Gasteiger partial charge in [-0.2, -0.15) is 10.4 Å². The monoisotopic (exact) mass is 678 g/mol. The van der Waals surface area contributed by atoms with Crippen molar-refractivity contribution >= 4 is 55.4 Å². The van der Waals surface area contributed by atoms with Crippen molar-refractivity contribution in [2.45, 2.75) is 78.7 Å². The maximum absolute atomic E-state index is 16.5. The second-order valence-electron chi connectivity index (χ2n) is 14.0. The average Bonchev–Trinajstić information content (AvgIpc) is 3.51. The zero-order valence-corrected chi connectivity index (χ0v) is 28.6. The summed E-state index contributed by atoms with van der Waals surface area (Å²) in [6.45, 7) is 13.3. The second kappa shape index (κ2) is 11.7. The lowest BCUT2D eigenvalue weighted by molar-refractivity contribution is 0.00275. The van der Waals surface area contributed by atoms with Gasteiger partial charge in [0.25, 0.3) is 5.91 Å². The number of thiophene rings is 1. The molecule has 2 aliphatic heterocycles. The number of amides is 3. The fourth-order valence-electron chi connectivity index (χ4n) is 6.39. The fraction of sp³-hybridized carbons (Fsp3) is 0.441. The first-order chi connectivity index (χ1) is 22.5. The Morgan fingerprint density at radius 3 is 2.40 bits per heavy atom. The summed E-state index contributed by atoms with van der Waals surface area (Å²) in [7, 11) is 0. The Morgan fingerprint density at radius 2 is 1.73 bits per heavy atom. The second-order valence-corrected chi connectivity index (χ2v) is 15.0. The predicted molar refractivity (Wildman–Crippen MR) is 177 cm³/mol. The molecule has 2 aliphatic rings. The van der Waals surface area contributed by atoms with Gasteiger partial charge in [-0.3, -0.25) is 14.8 Å². The molecule has 1 N–H and O–H groups in total. The molecule has 1 atom stereocenters. The Bertz CT molecular complexity index is 2050. The van der Waals surface area contributed by atoms with Crippen molar-refractivity contribution in [3.8, 4) is 17.2 Å². The number of rotatable bonds is 2. The smallest absolute Gasteiger partial charge is 0.412 e. The summed E-state index contributed by atoms with van der Waals surface area (Å²) >= 11 is 0.851. The number of nitriles is 1. The van der Waals surface area contributed by atoms with E-state index in [-0.39, 0.29) is 68.9 Å². The van der Waals surface area contributed by atoms with E-state index in [0.29, 0.717) is 29.6 Å². The number of aryl methyl sites for hydroxylation is 2. The third-order valence-electron chi connectivity index (χ3n) is 8.23. The van der Waals surface area contributed by atoms with Crippen LogP contribution in [0.2, 0.25) is 0 Å². The van der Waals surface area contributed by atoms with Gasteiger partial charge in [0.1, 0.15) is 33.9 Å². The number of anilines is 1. The molecule has 3 amide bonds. The number of carbonyl (C=O) groups excluding carboxylic acids is 3. The molecule has 4 aromatic rings. The molecule has 0 spiro atoms. The number of ether oxygens (including phenoxy) is 2. The summed E-state index contributed by atoms with van der Waals surface area (Å²) < 4.78 is 44.5. The number of nitrogens with zero attached hydrogens (tertiary/aromatic N) is 5. The molecule has 14 heteroatoms. The SMILES string of the molecule is Cc1nn2c3c(cc(F)c(-c4ccc(F)c5sc(NC(=O)OC(C)(C)C)c(C#N)c45)c13)C(=O)N1CCN(C(=O)OC(C)(C)C)C[C@@H]1CC2. The number of hydrogen-bond donors (Lipinski definition) is 1. The lowest BCUT2D eigenvalue weighted by Gasteiger charge is -2.42. The molecule has 0 saturated carbocycles. The van der Waals surface area contributed by atoms with Crippen LogP contribution in [-0.4, -0.2) is 74.6 Å². The predicted octanol–water partition coefficient (Wildman–Crippen LogP) is 7.19. The van der Waals surface area contributed by atoms with E-state index in [0.717, 1.165) is 11.3 Å². The molecule has 1 saturated heterocycles. The number of fused-ring (bicyclic) bond motifs is 2. The van der Waals surface area contributed by atoms with Crippen LogP contribution >= 0.6 is 11.3 Å². The largest absolute Gasteiger partial charge is 0.444 e. The zero-order chi connectivity index (χ0) is 34.9. The molecule has 0 aliphatic carbocycles. The highest BCUT2D eigenvalue weighted by Gasteiger charge is 2.38. The molecule has 4 heterocycles. The Labute approximate surface area is 280 Å². The lowest BCUT2D eigenvalue weighted by Crippen LogP contribution is -2.57. The van der Waals surface area contributed by atoms with Gasteiger partial charge < -0.3 is 19.3 Å². The summed E-state index contributed by atoms with van der Waals surface area (Å²) in [5.74, 6) is -1.78. The lowest BCUT2D eigenvalue weighted by atomic mass is 9.92. The Kier molecular flexibility index (Phi) is 8.10. The van der Waals surface area contributed by atoms with Crippen LogP contribution in [0.15, 0.2) is 18.2 Å². The van der Waals surface area contributed by atoms with Gasteiger partial charge in [-0.05, 0) is 72.6 Å². The first-order valence-corrected chi connectivity index (χ1v) is 16.4. The van der Waals surface area contributed by atoms with Crippen molar-refractivity contribution in [1.82, 2.24) is 19.6 Å². The third-order valence-corrected chi connectivity index (χ3v) is 9.34. The zero-order valence-electron chi connectivity index (χ0n) is 27.8. The highest BCUT2D eigenvalue weighted by molar-refractivity contribution is 7.23.